The zero-order chi connectivity index (χ0) is 11.5. The highest BCUT2D eigenvalue weighted by Gasteiger charge is 2.45. The van der Waals surface area contributed by atoms with Gasteiger partial charge in [0.15, 0.2) is 0 Å². The summed E-state index contributed by atoms with van der Waals surface area (Å²) in [7, 11) is 1.68. The summed E-state index contributed by atoms with van der Waals surface area (Å²) in [6.07, 6.45) is 3.49. The number of hydrogen-bond donors (Lipinski definition) is 2. The molecule has 0 aliphatic heterocycles. The summed E-state index contributed by atoms with van der Waals surface area (Å²) in [5, 5.41) is 8.79. The normalized spacial score (nSPS) is 18.8. The van der Waals surface area contributed by atoms with Crippen LogP contribution in [0.4, 0.5) is 0 Å². The Morgan fingerprint density at radius 2 is 2.07 bits per heavy atom. The zero-order valence-electron chi connectivity index (χ0n) is 9.03. The fourth-order valence-corrected chi connectivity index (χ4v) is 2.45. The van der Waals surface area contributed by atoms with Gasteiger partial charge in [-0.2, -0.15) is 0 Å². The third kappa shape index (κ3) is 2.29. The van der Waals surface area contributed by atoms with E-state index in [1.54, 1.807) is 7.05 Å². The second kappa shape index (κ2) is 4.90. The van der Waals surface area contributed by atoms with E-state index >= 15 is 0 Å². The van der Waals surface area contributed by atoms with Crippen molar-refractivity contribution in [3.8, 4) is 0 Å². The van der Waals surface area contributed by atoms with Crippen molar-refractivity contribution < 1.29 is 9.90 Å². The van der Waals surface area contributed by atoms with Crippen LogP contribution >= 0.6 is 12.2 Å². The maximum atomic E-state index is 12.1. The molecule has 0 aromatic carbocycles. The number of aliphatic hydroxyl groups is 1. The zero-order valence-corrected chi connectivity index (χ0v) is 9.85. The van der Waals surface area contributed by atoms with Crippen LogP contribution in [0, 0.1) is 5.41 Å². The highest BCUT2D eigenvalue weighted by Crippen LogP contribution is 2.39. The van der Waals surface area contributed by atoms with E-state index in [9.17, 15) is 4.79 Å². The second-order valence-corrected chi connectivity index (χ2v) is 4.54. The van der Waals surface area contributed by atoms with Gasteiger partial charge in [0.2, 0.25) is 5.91 Å². The molecule has 15 heavy (non-hydrogen) atoms. The summed E-state index contributed by atoms with van der Waals surface area (Å²) >= 11 is 5.01. The first-order chi connectivity index (χ1) is 7.04. The van der Waals surface area contributed by atoms with Crippen LogP contribution in [0.2, 0.25) is 0 Å². The number of amides is 1. The summed E-state index contributed by atoms with van der Waals surface area (Å²) in [6.45, 7) is 0.304. The fourth-order valence-electron chi connectivity index (χ4n) is 2.16. The third-order valence-corrected chi connectivity index (χ3v) is 3.51. The molecule has 5 heteroatoms. The molecule has 0 aromatic rings. The van der Waals surface area contributed by atoms with E-state index in [0.29, 0.717) is 11.5 Å². The van der Waals surface area contributed by atoms with Crippen LogP contribution in [-0.2, 0) is 4.79 Å². The van der Waals surface area contributed by atoms with Crippen LogP contribution < -0.4 is 5.73 Å². The molecule has 1 rings (SSSR count). The fraction of sp³-hybridized carbons (Fsp3) is 0.800. The van der Waals surface area contributed by atoms with Gasteiger partial charge < -0.3 is 15.7 Å². The van der Waals surface area contributed by atoms with Crippen LogP contribution in [0.3, 0.4) is 0 Å². The molecule has 1 aliphatic carbocycles. The minimum absolute atomic E-state index is 0.0321. The van der Waals surface area contributed by atoms with Gasteiger partial charge in [-0.25, -0.2) is 0 Å². The third-order valence-electron chi connectivity index (χ3n) is 3.12. The summed E-state index contributed by atoms with van der Waals surface area (Å²) in [6, 6.07) is 0. The Kier molecular flexibility index (Phi) is 4.04. The summed E-state index contributed by atoms with van der Waals surface area (Å²) in [5.41, 5.74) is 5.05. The molecule has 3 N–H and O–H groups in total. The van der Waals surface area contributed by atoms with E-state index in [1.807, 2.05) is 0 Å². The van der Waals surface area contributed by atoms with Crippen LogP contribution in [0.15, 0.2) is 0 Å². The lowest BCUT2D eigenvalue weighted by Gasteiger charge is -2.31. The molecule has 0 aromatic heterocycles. The van der Waals surface area contributed by atoms with E-state index < -0.39 is 5.41 Å². The van der Waals surface area contributed by atoms with Gasteiger partial charge in [0, 0.05) is 13.6 Å². The first-order valence-corrected chi connectivity index (χ1v) is 5.62. The molecule has 0 bridgehead atoms. The van der Waals surface area contributed by atoms with Crippen molar-refractivity contribution in [1.29, 1.82) is 0 Å². The van der Waals surface area contributed by atoms with E-state index in [-0.39, 0.29) is 12.5 Å². The Balaban J connectivity index is 2.81. The Labute approximate surface area is 95.4 Å². The van der Waals surface area contributed by atoms with Gasteiger partial charge in [0.1, 0.15) is 0 Å². The summed E-state index contributed by atoms with van der Waals surface area (Å²) in [5.74, 6) is -0.0402. The van der Waals surface area contributed by atoms with E-state index in [1.165, 1.54) is 4.90 Å². The minimum atomic E-state index is -0.640. The van der Waals surface area contributed by atoms with E-state index in [0.717, 1.165) is 25.7 Å². The number of hydrogen-bond acceptors (Lipinski definition) is 3. The van der Waals surface area contributed by atoms with Crippen molar-refractivity contribution in [3.05, 3.63) is 0 Å². The monoisotopic (exact) mass is 230 g/mol. The molecule has 0 spiro atoms. The summed E-state index contributed by atoms with van der Waals surface area (Å²) in [4.78, 5) is 14.0. The van der Waals surface area contributed by atoms with Crippen LogP contribution in [-0.4, -0.2) is 41.1 Å². The highest BCUT2D eigenvalue weighted by atomic mass is 32.1. The lowest BCUT2D eigenvalue weighted by molar-refractivity contribution is -0.137. The maximum Gasteiger partial charge on any atom is 0.235 e. The Bertz CT molecular complexity index is 262. The van der Waals surface area contributed by atoms with Gasteiger partial charge in [0.05, 0.1) is 17.0 Å². The number of aliphatic hydroxyl groups excluding tert-OH is 1. The van der Waals surface area contributed by atoms with E-state index in [4.69, 9.17) is 23.1 Å². The minimum Gasteiger partial charge on any atom is -0.395 e. The van der Waals surface area contributed by atoms with Crippen LogP contribution in [0.5, 0.6) is 0 Å². The van der Waals surface area contributed by atoms with Crippen molar-refractivity contribution >= 4 is 23.1 Å². The molecule has 0 saturated heterocycles. The number of rotatable bonds is 4. The average molecular weight is 230 g/mol. The Morgan fingerprint density at radius 3 is 2.47 bits per heavy atom. The van der Waals surface area contributed by atoms with Crippen molar-refractivity contribution in [2.75, 3.05) is 20.2 Å². The molecule has 4 nitrogen and oxygen atoms in total. The smallest absolute Gasteiger partial charge is 0.235 e. The van der Waals surface area contributed by atoms with Crippen molar-refractivity contribution in [1.82, 2.24) is 4.90 Å². The maximum absolute atomic E-state index is 12.1. The number of carbonyl (C=O) groups is 1. The molecule has 1 fully saturated rings. The number of nitrogens with two attached hydrogens (primary N) is 1. The molecule has 0 atom stereocenters. The van der Waals surface area contributed by atoms with Crippen LogP contribution in [0.1, 0.15) is 25.7 Å². The van der Waals surface area contributed by atoms with Gasteiger partial charge in [0.25, 0.3) is 0 Å². The number of thiocarbonyl (C=S) groups is 1. The first-order valence-electron chi connectivity index (χ1n) is 5.21. The van der Waals surface area contributed by atoms with Gasteiger partial charge in [-0.15, -0.1) is 0 Å². The highest BCUT2D eigenvalue weighted by molar-refractivity contribution is 7.80. The molecule has 0 radical (unpaired) electrons. The van der Waals surface area contributed by atoms with Crippen molar-refractivity contribution in [2.24, 2.45) is 11.1 Å². The van der Waals surface area contributed by atoms with Crippen molar-refractivity contribution in [2.45, 2.75) is 25.7 Å². The lowest BCUT2D eigenvalue weighted by Crippen LogP contribution is -2.48. The Hall–Kier alpha value is -0.680. The average Bonchev–Trinajstić information content (AvgIpc) is 2.66. The van der Waals surface area contributed by atoms with Gasteiger partial charge in [-0.3, -0.25) is 4.79 Å². The van der Waals surface area contributed by atoms with Gasteiger partial charge >= 0.3 is 0 Å². The van der Waals surface area contributed by atoms with Crippen molar-refractivity contribution in [3.63, 3.8) is 0 Å². The van der Waals surface area contributed by atoms with Crippen LogP contribution in [0.25, 0.3) is 0 Å². The molecular weight excluding hydrogens is 212 g/mol. The topological polar surface area (TPSA) is 66.6 Å². The number of likely N-dealkylation sites (N-methyl/N-ethyl adjacent to an activating group) is 1. The molecule has 1 aliphatic rings. The van der Waals surface area contributed by atoms with Gasteiger partial charge in [-0.1, -0.05) is 25.1 Å². The standard InChI is InChI=1S/C10H18N2O2S/c1-12(6-7-13)9(14)10(8(11)15)4-2-3-5-10/h13H,2-7H2,1H3,(H2,11,15). The molecule has 1 amide bonds. The SMILES string of the molecule is CN(CCO)C(=O)C1(C(N)=S)CCCC1. The summed E-state index contributed by atoms with van der Waals surface area (Å²) < 4.78 is 0. The molecule has 86 valence electrons. The lowest BCUT2D eigenvalue weighted by atomic mass is 9.84. The molecule has 1 saturated carbocycles. The quantitative estimate of drug-likeness (QED) is 0.681. The Morgan fingerprint density at radius 1 is 1.53 bits per heavy atom. The second-order valence-electron chi connectivity index (χ2n) is 4.10. The predicted molar refractivity (Wildman–Crippen MR) is 62.4 cm³/mol. The number of carbonyl (C=O) groups excluding carboxylic acids is 1. The first kappa shape index (κ1) is 12.4. The molecular formula is C10H18N2O2S. The van der Waals surface area contributed by atoms with E-state index in [2.05, 4.69) is 0 Å². The molecule has 0 heterocycles. The largest absolute Gasteiger partial charge is 0.395 e. The predicted octanol–water partition coefficient (Wildman–Crippen LogP) is 0.284. The molecule has 0 unspecified atom stereocenters. The van der Waals surface area contributed by atoms with Gasteiger partial charge in [-0.05, 0) is 12.8 Å². The number of nitrogens with zero attached hydrogens (tertiary/aromatic N) is 1.